The first kappa shape index (κ1) is 16.9. The van der Waals surface area contributed by atoms with Crippen LogP contribution in [-0.2, 0) is 0 Å². The van der Waals surface area contributed by atoms with Gasteiger partial charge in [-0.3, -0.25) is 14.5 Å². The molecule has 0 aliphatic carbocycles. The van der Waals surface area contributed by atoms with Gasteiger partial charge in [-0.1, -0.05) is 11.6 Å². The Morgan fingerprint density at radius 3 is 2.65 bits per heavy atom. The first-order valence-electron chi connectivity index (χ1n) is 8.25. The second kappa shape index (κ2) is 6.00. The molecule has 7 heteroatoms. The van der Waals surface area contributed by atoms with Crippen LogP contribution in [0.15, 0.2) is 59.8 Å². The second-order valence-electron chi connectivity index (χ2n) is 6.83. The molecule has 26 heavy (non-hydrogen) atoms. The number of nitrogens with zero attached hydrogens (tertiary/aromatic N) is 3. The maximum absolute atomic E-state index is 12.7. The maximum atomic E-state index is 12.7. The summed E-state index contributed by atoms with van der Waals surface area (Å²) in [6, 6.07) is 9.73. The van der Waals surface area contributed by atoms with Gasteiger partial charge in [-0.25, -0.2) is 4.68 Å². The summed E-state index contributed by atoms with van der Waals surface area (Å²) in [5, 5.41) is 11.6. The van der Waals surface area contributed by atoms with Crippen LogP contribution in [0.4, 0.5) is 0 Å². The molecule has 1 N–H and O–H groups in total. The molecule has 3 aromatic rings. The van der Waals surface area contributed by atoms with Crippen LogP contribution >= 0.6 is 11.6 Å². The van der Waals surface area contributed by atoms with Gasteiger partial charge >= 0.3 is 0 Å². The predicted octanol–water partition coefficient (Wildman–Crippen LogP) is 2.81. The predicted molar refractivity (Wildman–Crippen MR) is 98.1 cm³/mol. The summed E-state index contributed by atoms with van der Waals surface area (Å²) in [5.74, 6) is 0.607. The van der Waals surface area contributed by atoms with E-state index in [0.717, 1.165) is 5.69 Å². The molecule has 0 unspecified atom stereocenters. The van der Waals surface area contributed by atoms with Gasteiger partial charge in [0.25, 0.3) is 5.56 Å². The number of aliphatic hydroxyl groups is 1. The van der Waals surface area contributed by atoms with Crippen LogP contribution in [0.25, 0.3) is 5.69 Å². The zero-order chi connectivity index (χ0) is 18.5. The molecular weight excluding hydrogens is 354 g/mol. The molecule has 3 heterocycles. The van der Waals surface area contributed by atoms with Crippen molar-refractivity contribution in [3.05, 3.63) is 75.9 Å². The Bertz CT molecular complexity index is 1010. The van der Waals surface area contributed by atoms with Gasteiger partial charge in [-0.2, -0.15) is 0 Å². The number of fused-ring (bicyclic) bond motifs is 1. The van der Waals surface area contributed by atoms with Crippen LogP contribution in [0.1, 0.15) is 25.5 Å². The fraction of sp³-hybridized carbons (Fsp3) is 0.263. The number of ether oxygens (including phenoxy) is 1. The monoisotopic (exact) mass is 371 g/mol. The van der Waals surface area contributed by atoms with Gasteiger partial charge in [-0.05, 0) is 44.2 Å². The molecule has 0 radical (unpaired) electrons. The van der Waals surface area contributed by atoms with Gasteiger partial charge < -0.3 is 9.84 Å². The van der Waals surface area contributed by atoms with Gasteiger partial charge in [0.15, 0.2) is 0 Å². The molecule has 0 fully saturated rings. The lowest BCUT2D eigenvalue weighted by Gasteiger charge is -2.42. The lowest BCUT2D eigenvalue weighted by atomic mass is 9.87. The van der Waals surface area contributed by atoms with E-state index in [2.05, 4.69) is 4.98 Å². The topological polar surface area (TPSA) is 69.3 Å². The standard InChI is InChI=1S/C19H18ClN3O3/c1-19(2)18(25)17(14-11-21-9-7-15(14)26-19)23-16(24)8-10-22(23)13-5-3-12(20)4-6-13/h3-11,17-18,25H,1-2H3/t17-,18+/m1/s1. The summed E-state index contributed by atoms with van der Waals surface area (Å²) in [6.07, 6.45) is 3.99. The van der Waals surface area contributed by atoms with Crippen molar-refractivity contribution in [3.63, 3.8) is 0 Å². The quantitative estimate of drug-likeness (QED) is 0.752. The highest BCUT2D eigenvalue weighted by Gasteiger charge is 2.45. The Morgan fingerprint density at radius 1 is 1.19 bits per heavy atom. The Kier molecular flexibility index (Phi) is 3.89. The van der Waals surface area contributed by atoms with Crippen molar-refractivity contribution in [2.75, 3.05) is 0 Å². The Hall–Kier alpha value is -2.57. The fourth-order valence-electron chi connectivity index (χ4n) is 3.33. The SMILES string of the molecule is CC1(C)Oc2ccncc2[C@@H](n2c(=O)ccn2-c2ccc(Cl)cc2)[C@@H]1O. The van der Waals surface area contributed by atoms with Crippen molar-refractivity contribution >= 4 is 11.6 Å². The molecule has 0 amide bonds. The van der Waals surface area contributed by atoms with E-state index >= 15 is 0 Å². The second-order valence-corrected chi connectivity index (χ2v) is 7.26. The minimum atomic E-state index is -0.946. The number of benzene rings is 1. The summed E-state index contributed by atoms with van der Waals surface area (Å²) >= 11 is 5.98. The van der Waals surface area contributed by atoms with E-state index in [0.29, 0.717) is 16.3 Å². The van der Waals surface area contributed by atoms with Crippen LogP contribution < -0.4 is 10.3 Å². The zero-order valence-electron chi connectivity index (χ0n) is 14.3. The first-order valence-corrected chi connectivity index (χ1v) is 8.63. The number of hydrogen-bond acceptors (Lipinski definition) is 4. The normalized spacial score (nSPS) is 21.1. The lowest BCUT2D eigenvalue weighted by molar-refractivity contribution is -0.0676. The molecule has 2 atom stereocenters. The lowest BCUT2D eigenvalue weighted by Crippen LogP contribution is -2.52. The third-order valence-electron chi connectivity index (χ3n) is 4.68. The average Bonchev–Trinajstić information content (AvgIpc) is 2.98. The number of aliphatic hydroxyl groups excluding tert-OH is 1. The number of rotatable bonds is 2. The highest BCUT2D eigenvalue weighted by molar-refractivity contribution is 6.30. The molecule has 6 nitrogen and oxygen atoms in total. The third kappa shape index (κ3) is 2.62. The minimum Gasteiger partial charge on any atom is -0.485 e. The molecule has 2 aromatic heterocycles. The number of halogens is 1. The molecule has 134 valence electrons. The number of hydrogen-bond donors (Lipinski definition) is 1. The molecule has 1 aliphatic rings. The molecule has 0 spiro atoms. The van der Waals surface area contributed by atoms with Crippen molar-refractivity contribution in [2.24, 2.45) is 0 Å². The molecule has 0 saturated carbocycles. The molecular formula is C19H18ClN3O3. The summed E-state index contributed by atoms with van der Waals surface area (Å²) < 4.78 is 9.17. The number of pyridine rings is 1. The van der Waals surface area contributed by atoms with Gasteiger partial charge in [-0.15, -0.1) is 0 Å². The molecule has 4 rings (SSSR count). The summed E-state index contributed by atoms with van der Waals surface area (Å²) in [5.41, 5.74) is 0.332. The van der Waals surface area contributed by atoms with Crippen molar-refractivity contribution in [3.8, 4) is 11.4 Å². The molecule has 0 saturated heterocycles. The van der Waals surface area contributed by atoms with Crippen molar-refractivity contribution in [2.45, 2.75) is 31.6 Å². The molecule has 1 aromatic carbocycles. The minimum absolute atomic E-state index is 0.225. The van der Waals surface area contributed by atoms with E-state index in [-0.39, 0.29) is 5.56 Å². The summed E-state index contributed by atoms with van der Waals surface area (Å²) in [4.78, 5) is 16.8. The van der Waals surface area contributed by atoms with E-state index in [1.54, 1.807) is 55.3 Å². The van der Waals surface area contributed by atoms with E-state index < -0.39 is 17.7 Å². The number of aromatic nitrogens is 3. The Balaban J connectivity index is 1.94. The van der Waals surface area contributed by atoms with E-state index in [1.165, 1.54) is 10.7 Å². The summed E-state index contributed by atoms with van der Waals surface area (Å²) in [6.45, 7) is 3.60. The van der Waals surface area contributed by atoms with Gasteiger partial charge in [0.2, 0.25) is 0 Å². The van der Waals surface area contributed by atoms with Crippen molar-refractivity contribution in [1.82, 2.24) is 14.3 Å². The zero-order valence-corrected chi connectivity index (χ0v) is 15.1. The van der Waals surface area contributed by atoms with Crippen LogP contribution in [-0.4, -0.2) is 31.2 Å². The van der Waals surface area contributed by atoms with Gasteiger partial charge in [0.1, 0.15) is 23.5 Å². The molecule has 1 aliphatic heterocycles. The largest absolute Gasteiger partial charge is 0.485 e. The maximum Gasteiger partial charge on any atom is 0.267 e. The van der Waals surface area contributed by atoms with Gasteiger partial charge in [0.05, 0.1) is 5.69 Å². The Labute approximate surface area is 155 Å². The van der Waals surface area contributed by atoms with Crippen molar-refractivity contribution < 1.29 is 9.84 Å². The fourth-order valence-corrected chi connectivity index (χ4v) is 3.46. The van der Waals surface area contributed by atoms with E-state index in [4.69, 9.17) is 16.3 Å². The van der Waals surface area contributed by atoms with Gasteiger partial charge in [0, 0.05) is 35.2 Å². The van der Waals surface area contributed by atoms with Crippen LogP contribution in [0.2, 0.25) is 5.02 Å². The Morgan fingerprint density at radius 2 is 1.92 bits per heavy atom. The van der Waals surface area contributed by atoms with E-state index in [9.17, 15) is 9.90 Å². The first-order chi connectivity index (χ1) is 12.4. The third-order valence-corrected chi connectivity index (χ3v) is 4.94. The van der Waals surface area contributed by atoms with Crippen LogP contribution in [0, 0.1) is 0 Å². The highest BCUT2D eigenvalue weighted by Crippen LogP contribution is 2.41. The van der Waals surface area contributed by atoms with Crippen molar-refractivity contribution in [1.29, 1.82) is 0 Å². The van der Waals surface area contributed by atoms with Crippen LogP contribution in [0.5, 0.6) is 5.75 Å². The van der Waals surface area contributed by atoms with E-state index in [1.807, 2.05) is 12.1 Å². The molecule has 0 bridgehead atoms. The summed E-state index contributed by atoms with van der Waals surface area (Å²) in [7, 11) is 0. The van der Waals surface area contributed by atoms with Crippen LogP contribution in [0.3, 0.4) is 0 Å². The smallest absolute Gasteiger partial charge is 0.267 e. The highest BCUT2D eigenvalue weighted by atomic mass is 35.5. The average molecular weight is 372 g/mol.